The highest BCUT2D eigenvalue weighted by molar-refractivity contribution is 6.33. The molecule has 3 N–H and O–H groups in total. The number of nitrogens with one attached hydrogen (secondary N) is 1. The van der Waals surface area contributed by atoms with Crippen molar-refractivity contribution in [3.63, 3.8) is 0 Å². The number of hydrogen-bond donors (Lipinski definition) is 3. The minimum Gasteiger partial charge on any atom is -0.450 e. The lowest BCUT2D eigenvalue weighted by Crippen LogP contribution is -2.34. The maximum atomic E-state index is 13.5. The van der Waals surface area contributed by atoms with Crippen LogP contribution in [-0.2, 0) is 9.53 Å². The summed E-state index contributed by atoms with van der Waals surface area (Å²) >= 11 is 12.1. The third-order valence-electron chi connectivity index (χ3n) is 5.94. The molecule has 2 aromatic rings. The molecule has 3 rings (SSSR count). The van der Waals surface area contributed by atoms with Crippen LogP contribution in [0.1, 0.15) is 49.3 Å². The molecule has 1 amide bonds. The van der Waals surface area contributed by atoms with Crippen molar-refractivity contribution >= 4 is 41.0 Å². The summed E-state index contributed by atoms with van der Waals surface area (Å²) in [5, 5.41) is 17.2. The van der Waals surface area contributed by atoms with Crippen molar-refractivity contribution in [2.24, 2.45) is 11.8 Å². The van der Waals surface area contributed by atoms with Crippen molar-refractivity contribution in [3.05, 3.63) is 63.6 Å². The van der Waals surface area contributed by atoms with Crippen LogP contribution >= 0.6 is 23.2 Å². The second kappa shape index (κ2) is 12.5. The van der Waals surface area contributed by atoms with Gasteiger partial charge in [-0.25, -0.2) is 4.79 Å². The SMILES string of the molecule is COC(c1ccc(Cl)c(NC(=O)[C@H](c2ccc(Cl)cc2)[C@@H](C)C(F)(F)F)c1)C1CCC1.O=C(O)O. The van der Waals surface area contributed by atoms with E-state index in [0.29, 0.717) is 10.9 Å². The zero-order chi connectivity index (χ0) is 26.3. The van der Waals surface area contributed by atoms with Crippen LogP contribution in [0.5, 0.6) is 0 Å². The van der Waals surface area contributed by atoms with Gasteiger partial charge in [-0.1, -0.05) is 54.7 Å². The standard InChI is InChI=1S/C23H24Cl2F3NO2.CH2O3/c1-13(23(26,27)28)20(14-6-9-17(24)10-7-14)22(30)29-19-12-16(8-11-18(19)25)21(31-2)15-4-3-5-15;2-1(3)4/h6-13,15,20-21H,3-5H2,1-2H3,(H,29,30);(H2,2,3,4)/t13-,20+,21?;/m1./s1. The van der Waals surface area contributed by atoms with Gasteiger partial charge in [0.25, 0.3) is 0 Å². The van der Waals surface area contributed by atoms with Crippen LogP contribution in [0.2, 0.25) is 10.0 Å². The van der Waals surface area contributed by atoms with E-state index in [4.69, 9.17) is 42.9 Å². The summed E-state index contributed by atoms with van der Waals surface area (Å²) in [5.74, 6) is -3.77. The number of amides is 1. The van der Waals surface area contributed by atoms with Gasteiger partial charge in [-0.3, -0.25) is 4.79 Å². The number of methoxy groups -OCH3 is 1. The van der Waals surface area contributed by atoms with Gasteiger partial charge >= 0.3 is 12.3 Å². The molecule has 1 aliphatic rings. The molecule has 0 aromatic heterocycles. The second-order valence-electron chi connectivity index (χ2n) is 8.22. The van der Waals surface area contributed by atoms with E-state index in [2.05, 4.69) is 5.32 Å². The minimum atomic E-state index is -4.56. The van der Waals surface area contributed by atoms with Gasteiger partial charge in [0.15, 0.2) is 0 Å². The summed E-state index contributed by atoms with van der Waals surface area (Å²) in [4.78, 5) is 21.6. The third-order valence-corrected chi connectivity index (χ3v) is 6.52. The maximum Gasteiger partial charge on any atom is 0.503 e. The Morgan fingerprint density at radius 3 is 2.06 bits per heavy atom. The van der Waals surface area contributed by atoms with E-state index in [1.165, 1.54) is 24.3 Å². The normalized spacial score (nSPS) is 16.2. The molecule has 0 saturated heterocycles. The number of carbonyl (C=O) groups is 2. The molecule has 0 spiro atoms. The molecule has 3 atom stereocenters. The Labute approximate surface area is 211 Å². The fourth-order valence-electron chi connectivity index (χ4n) is 3.90. The fraction of sp³-hybridized carbons (Fsp3) is 0.417. The predicted octanol–water partition coefficient (Wildman–Crippen LogP) is 7.62. The fourth-order valence-corrected chi connectivity index (χ4v) is 4.19. The summed E-state index contributed by atoms with van der Waals surface area (Å²) in [6.07, 6.45) is -3.31. The van der Waals surface area contributed by atoms with Gasteiger partial charge < -0.3 is 20.3 Å². The van der Waals surface area contributed by atoms with Crippen molar-refractivity contribution in [1.29, 1.82) is 0 Å². The molecule has 2 aromatic carbocycles. The Hall–Kier alpha value is -2.49. The van der Waals surface area contributed by atoms with Gasteiger partial charge in [0.2, 0.25) is 5.91 Å². The van der Waals surface area contributed by atoms with E-state index in [1.54, 1.807) is 19.2 Å². The third kappa shape index (κ3) is 8.02. The predicted molar refractivity (Wildman–Crippen MR) is 127 cm³/mol. The van der Waals surface area contributed by atoms with Crippen molar-refractivity contribution in [2.75, 3.05) is 12.4 Å². The lowest BCUT2D eigenvalue weighted by Gasteiger charge is -2.33. The maximum absolute atomic E-state index is 13.5. The van der Waals surface area contributed by atoms with Crippen LogP contribution in [0.25, 0.3) is 0 Å². The summed E-state index contributed by atoms with van der Waals surface area (Å²) in [6, 6.07) is 10.9. The lowest BCUT2D eigenvalue weighted by atomic mass is 9.78. The first kappa shape index (κ1) is 28.7. The zero-order valence-electron chi connectivity index (χ0n) is 19.0. The van der Waals surface area contributed by atoms with Crippen molar-refractivity contribution in [2.45, 2.75) is 44.4 Å². The number of halogens is 5. The van der Waals surface area contributed by atoms with E-state index in [-0.39, 0.29) is 22.4 Å². The molecular formula is C24H26Cl2F3NO5. The Bertz CT molecular complexity index is 1010. The Morgan fingerprint density at radius 1 is 1.06 bits per heavy atom. The van der Waals surface area contributed by atoms with E-state index >= 15 is 0 Å². The summed E-state index contributed by atoms with van der Waals surface area (Å²) in [7, 11) is 1.62. The van der Waals surface area contributed by atoms with E-state index < -0.39 is 30.1 Å². The Balaban J connectivity index is 0.00000100. The summed E-state index contributed by atoms with van der Waals surface area (Å²) in [6.45, 7) is 0.994. The smallest absolute Gasteiger partial charge is 0.450 e. The molecule has 35 heavy (non-hydrogen) atoms. The molecule has 1 aliphatic carbocycles. The second-order valence-corrected chi connectivity index (χ2v) is 9.06. The molecular weight excluding hydrogens is 510 g/mol. The minimum absolute atomic E-state index is 0.150. The largest absolute Gasteiger partial charge is 0.503 e. The zero-order valence-corrected chi connectivity index (χ0v) is 20.5. The number of ether oxygens (including phenoxy) is 1. The quantitative estimate of drug-likeness (QED) is 0.338. The Kier molecular flexibility index (Phi) is 10.2. The van der Waals surface area contributed by atoms with Crippen molar-refractivity contribution in [3.8, 4) is 0 Å². The summed E-state index contributed by atoms with van der Waals surface area (Å²) in [5.41, 5.74) is 1.32. The van der Waals surface area contributed by atoms with E-state index in [1.807, 2.05) is 6.07 Å². The van der Waals surface area contributed by atoms with Crippen LogP contribution < -0.4 is 5.32 Å². The Morgan fingerprint density at radius 2 is 1.60 bits per heavy atom. The van der Waals surface area contributed by atoms with E-state index in [0.717, 1.165) is 31.7 Å². The number of rotatable bonds is 7. The van der Waals surface area contributed by atoms with Gasteiger partial charge in [0.05, 0.1) is 28.6 Å². The molecule has 0 radical (unpaired) electrons. The number of hydrogen-bond acceptors (Lipinski definition) is 3. The average Bonchev–Trinajstić information content (AvgIpc) is 2.72. The molecule has 0 bridgehead atoms. The van der Waals surface area contributed by atoms with Gasteiger partial charge in [-0.2, -0.15) is 13.2 Å². The van der Waals surface area contributed by atoms with E-state index in [9.17, 15) is 18.0 Å². The number of alkyl halides is 3. The first-order valence-electron chi connectivity index (χ1n) is 10.7. The molecule has 0 heterocycles. The highest BCUT2D eigenvalue weighted by Crippen LogP contribution is 2.42. The van der Waals surface area contributed by atoms with Crippen LogP contribution in [0.4, 0.5) is 23.7 Å². The molecule has 11 heteroatoms. The first-order valence-corrected chi connectivity index (χ1v) is 11.5. The van der Waals surface area contributed by atoms with Gasteiger partial charge in [-0.15, -0.1) is 0 Å². The number of anilines is 1. The lowest BCUT2D eigenvalue weighted by molar-refractivity contribution is -0.178. The van der Waals surface area contributed by atoms with Gasteiger partial charge in [0.1, 0.15) is 0 Å². The molecule has 192 valence electrons. The van der Waals surface area contributed by atoms with Crippen LogP contribution in [0.3, 0.4) is 0 Å². The first-order chi connectivity index (χ1) is 16.3. The highest BCUT2D eigenvalue weighted by atomic mass is 35.5. The number of benzene rings is 2. The highest BCUT2D eigenvalue weighted by Gasteiger charge is 2.45. The average molecular weight is 536 g/mol. The molecule has 1 saturated carbocycles. The van der Waals surface area contributed by atoms with Crippen LogP contribution in [0, 0.1) is 11.8 Å². The summed E-state index contributed by atoms with van der Waals surface area (Å²) < 4.78 is 46.3. The molecule has 0 aliphatic heterocycles. The van der Waals surface area contributed by atoms with Gasteiger partial charge in [0, 0.05) is 12.1 Å². The van der Waals surface area contributed by atoms with Crippen molar-refractivity contribution < 1.29 is 37.7 Å². The number of carboxylic acid groups (broad SMARTS) is 2. The molecule has 6 nitrogen and oxygen atoms in total. The molecule has 1 unspecified atom stereocenters. The van der Waals surface area contributed by atoms with Gasteiger partial charge in [-0.05, 0) is 54.2 Å². The topological polar surface area (TPSA) is 95.9 Å². The van der Waals surface area contributed by atoms with Crippen molar-refractivity contribution in [1.82, 2.24) is 0 Å². The molecule has 1 fully saturated rings. The van der Waals surface area contributed by atoms with Crippen LogP contribution in [-0.4, -0.2) is 35.6 Å². The number of carbonyl (C=O) groups excluding carboxylic acids is 1. The monoisotopic (exact) mass is 535 g/mol. The van der Waals surface area contributed by atoms with Crippen LogP contribution in [0.15, 0.2) is 42.5 Å².